The Kier molecular flexibility index (Phi) is 7.75. The van der Waals surface area contributed by atoms with Gasteiger partial charge in [-0.05, 0) is 63.6 Å². The molecular weight excluding hydrogens is 382 g/mol. The summed E-state index contributed by atoms with van der Waals surface area (Å²) in [5.41, 5.74) is 2.60. The van der Waals surface area contributed by atoms with Crippen molar-refractivity contribution in [1.82, 2.24) is 5.32 Å². The van der Waals surface area contributed by atoms with Gasteiger partial charge in [0.25, 0.3) is 0 Å². The van der Waals surface area contributed by atoms with Gasteiger partial charge in [-0.2, -0.15) is 0 Å². The van der Waals surface area contributed by atoms with E-state index in [0.717, 1.165) is 11.1 Å². The maximum absolute atomic E-state index is 12.0. The van der Waals surface area contributed by atoms with E-state index in [4.69, 9.17) is 4.74 Å². The van der Waals surface area contributed by atoms with E-state index in [1.54, 1.807) is 51.1 Å². The van der Waals surface area contributed by atoms with Crippen LogP contribution in [0.15, 0.2) is 54.6 Å². The lowest BCUT2D eigenvalue weighted by Gasteiger charge is -2.19. The molecule has 0 bridgehead atoms. The number of carbonyl (C=O) groups is 3. The van der Waals surface area contributed by atoms with E-state index >= 15 is 0 Å². The third-order valence-electron chi connectivity index (χ3n) is 3.73. The van der Waals surface area contributed by atoms with Gasteiger partial charge in [0.2, 0.25) is 11.8 Å². The molecule has 0 aliphatic rings. The zero-order valence-corrected chi connectivity index (χ0v) is 17.6. The normalized spacial score (nSPS) is 11.1. The maximum atomic E-state index is 12.0. The Labute approximate surface area is 176 Å². The van der Waals surface area contributed by atoms with Crippen molar-refractivity contribution < 1.29 is 19.1 Å². The molecule has 3 amide bonds. The molecule has 0 aliphatic heterocycles. The Balaban J connectivity index is 1.80. The van der Waals surface area contributed by atoms with E-state index in [2.05, 4.69) is 16.0 Å². The Morgan fingerprint density at radius 3 is 2.03 bits per heavy atom. The molecule has 0 radical (unpaired) electrons. The lowest BCUT2D eigenvalue weighted by molar-refractivity contribution is -0.115. The maximum Gasteiger partial charge on any atom is 0.408 e. The number of benzene rings is 2. The molecule has 0 heterocycles. The minimum absolute atomic E-state index is 0.211. The topological polar surface area (TPSA) is 96.5 Å². The van der Waals surface area contributed by atoms with Gasteiger partial charge in [0.05, 0.1) is 0 Å². The molecule has 7 heteroatoms. The molecule has 0 unspecified atom stereocenters. The quantitative estimate of drug-likeness (QED) is 0.626. The number of anilines is 2. The van der Waals surface area contributed by atoms with Crippen molar-refractivity contribution >= 4 is 35.4 Å². The Morgan fingerprint density at radius 1 is 0.900 bits per heavy atom. The second-order valence-corrected chi connectivity index (χ2v) is 7.71. The van der Waals surface area contributed by atoms with Gasteiger partial charge in [-0.25, -0.2) is 4.79 Å². The summed E-state index contributed by atoms with van der Waals surface area (Å²) in [5, 5.41) is 7.80. The van der Waals surface area contributed by atoms with Crippen molar-refractivity contribution in [2.75, 3.05) is 17.2 Å². The summed E-state index contributed by atoms with van der Waals surface area (Å²) < 4.78 is 5.07. The van der Waals surface area contributed by atoms with Crippen LogP contribution in [-0.4, -0.2) is 30.1 Å². The summed E-state index contributed by atoms with van der Waals surface area (Å²) in [7, 11) is 0. The van der Waals surface area contributed by atoms with Crippen LogP contribution in [-0.2, 0) is 14.3 Å². The van der Waals surface area contributed by atoms with Crippen molar-refractivity contribution in [3.63, 3.8) is 0 Å². The van der Waals surface area contributed by atoms with Crippen molar-refractivity contribution in [2.24, 2.45) is 0 Å². The van der Waals surface area contributed by atoms with E-state index in [1.807, 2.05) is 31.2 Å². The van der Waals surface area contributed by atoms with Crippen molar-refractivity contribution in [2.45, 2.75) is 33.3 Å². The molecule has 2 aromatic rings. The highest BCUT2D eigenvalue weighted by Crippen LogP contribution is 2.14. The molecule has 0 aliphatic carbocycles. The number of rotatable bonds is 6. The molecule has 0 atom stereocenters. The van der Waals surface area contributed by atoms with Gasteiger partial charge in [-0.3, -0.25) is 9.59 Å². The van der Waals surface area contributed by atoms with Gasteiger partial charge in [0.1, 0.15) is 12.1 Å². The monoisotopic (exact) mass is 409 g/mol. The number of ether oxygens (including phenoxy) is 1. The lowest BCUT2D eigenvalue weighted by Crippen LogP contribution is -2.37. The average molecular weight is 409 g/mol. The highest BCUT2D eigenvalue weighted by Gasteiger charge is 2.16. The number of carbonyl (C=O) groups excluding carboxylic acids is 3. The number of aryl methyl sites for hydroxylation is 1. The largest absolute Gasteiger partial charge is 0.444 e. The zero-order valence-electron chi connectivity index (χ0n) is 17.6. The van der Waals surface area contributed by atoms with E-state index in [0.29, 0.717) is 11.4 Å². The van der Waals surface area contributed by atoms with Crippen LogP contribution < -0.4 is 16.0 Å². The first-order valence-electron chi connectivity index (χ1n) is 9.53. The van der Waals surface area contributed by atoms with Crippen LogP contribution in [0.1, 0.15) is 31.9 Å². The van der Waals surface area contributed by atoms with Crippen LogP contribution in [0.4, 0.5) is 16.2 Å². The van der Waals surface area contributed by atoms with Crippen LogP contribution in [0.2, 0.25) is 0 Å². The second-order valence-electron chi connectivity index (χ2n) is 7.71. The van der Waals surface area contributed by atoms with Crippen LogP contribution in [0.25, 0.3) is 6.08 Å². The predicted molar refractivity (Wildman–Crippen MR) is 118 cm³/mol. The Hall–Kier alpha value is -3.61. The van der Waals surface area contributed by atoms with Crippen LogP contribution >= 0.6 is 0 Å². The fourth-order valence-electron chi connectivity index (χ4n) is 2.34. The number of alkyl carbamates (subject to hydrolysis) is 1. The van der Waals surface area contributed by atoms with E-state index in [1.165, 1.54) is 6.08 Å². The molecule has 7 nitrogen and oxygen atoms in total. The molecule has 3 N–H and O–H groups in total. The number of hydrogen-bond acceptors (Lipinski definition) is 4. The van der Waals surface area contributed by atoms with Gasteiger partial charge in [0.15, 0.2) is 0 Å². The molecule has 0 aromatic heterocycles. The standard InChI is InChI=1S/C23H27N3O4/c1-16-5-7-17(8-6-16)9-14-20(27)25-18-10-12-19(13-11-18)26-21(28)15-24-22(29)30-23(2,3)4/h5-14H,15H2,1-4H3,(H,24,29)(H,25,27)(H,26,28)/b14-9+. The SMILES string of the molecule is Cc1ccc(/C=C/C(=O)Nc2ccc(NC(=O)CNC(=O)OC(C)(C)C)cc2)cc1. The number of nitrogens with one attached hydrogen (secondary N) is 3. The molecule has 30 heavy (non-hydrogen) atoms. The molecule has 0 saturated carbocycles. The summed E-state index contributed by atoms with van der Waals surface area (Å²) in [6.07, 6.45) is 2.54. The Bertz CT molecular complexity index is 911. The molecule has 2 aromatic carbocycles. The summed E-state index contributed by atoms with van der Waals surface area (Å²) in [6, 6.07) is 14.5. The molecular formula is C23H27N3O4. The third kappa shape index (κ3) is 8.60. The summed E-state index contributed by atoms with van der Waals surface area (Å²) in [5.74, 6) is -0.646. The van der Waals surface area contributed by atoms with Crippen molar-refractivity contribution in [3.05, 3.63) is 65.7 Å². The smallest absolute Gasteiger partial charge is 0.408 e. The first-order chi connectivity index (χ1) is 14.1. The molecule has 158 valence electrons. The minimum atomic E-state index is -0.658. The fourth-order valence-corrected chi connectivity index (χ4v) is 2.34. The lowest BCUT2D eigenvalue weighted by atomic mass is 10.1. The molecule has 0 saturated heterocycles. The summed E-state index contributed by atoms with van der Waals surface area (Å²) in [4.78, 5) is 35.5. The minimum Gasteiger partial charge on any atom is -0.444 e. The van der Waals surface area contributed by atoms with Crippen LogP contribution in [0.3, 0.4) is 0 Å². The van der Waals surface area contributed by atoms with Crippen LogP contribution in [0, 0.1) is 6.92 Å². The molecule has 0 fully saturated rings. The fraction of sp³-hybridized carbons (Fsp3) is 0.261. The van der Waals surface area contributed by atoms with E-state index < -0.39 is 17.6 Å². The van der Waals surface area contributed by atoms with Gasteiger partial charge < -0.3 is 20.7 Å². The van der Waals surface area contributed by atoms with Crippen molar-refractivity contribution in [3.8, 4) is 0 Å². The van der Waals surface area contributed by atoms with Crippen LogP contribution in [0.5, 0.6) is 0 Å². The Morgan fingerprint density at radius 2 is 1.47 bits per heavy atom. The van der Waals surface area contributed by atoms with Crippen molar-refractivity contribution in [1.29, 1.82) is 0 Å². The average Bonchev–Trinajstić information content (AvgIpc) is 2.66. The number of amides is 3. The first-order valence-corrected chi connectivity index (χ1v) is 9.53. The zero-order chi connectivity index (χ0) is 22.1. The molecule has 0 spiro atoms. The molecule has 2 rings (SSSR count). The third-order valence-corrected chi connectivity index (χ3v) is 3.73. The van der Waals surface area contributed by atoms with Gasteiger partial charge in [-0.1, -0.05) is 29.8 Å². The van der Waals surface area contributed by atoms with Gasteiger partial charge >= 0.3 is 6.09 Å². The highest BCUT2D eigenvalue weighted by molar-refractivity contribution is 6.02. The highest BCUT2D eigenvalue weighted by atomic mass is 16.6. The second kappa shape index (κ2) is 10.2. The predicted octanol–water partition coefficient (Wildman–Crippen LogP) is 4.11. The van der Waals surface area contributed by atoms with Gasteiger partial charge in [0, 0.05) is 17.5 Å². The summed E-state index contributed by atoms with van der Waals surface area (Å²) >= 11 is 0. The van der Waals surface area contributed by atoms with E-state index in [-0.39, 0.29) is 12.5 Å². The van der Waals surface area contributed by atoms with E-state index in [9.17, 15) is 14.4 Å². The number of hydrogen-bond donors (Lipinski definition) is 3. The van der Waals surface area contributed by atoms with Gasteiger partial charge in [-0.15, -0.1) is 0 Å². The first kappa shape index (κ1) is 22.7. The summed E-state index contributed by atoms with van der Waals surface area (Å²) in [6.45, 7) is 7.02.